The first-order valence-corrected chi connectivity index (χ1v) is 12.7. The summed E-state index contributed by atoms with van der Waals surface area (Å²) in [6.07, 6.45) is -3.29. The maximum Gasteiger partial charge on any atom is 0.417 e. The van der Waals surface area contributed by atoms with E-state index in [1.165, 1.54) is 30.0 Å². The number of amides is 3. The fourth-order valence-corrected chi connectivity index (χ4v) is 5.70. The second-order valence-corrected chi connectivity index (χ2v) is 10.1. The Morgan fingerprint density at radius 3 is 2.59 bits per heavy atom. The first-order valence-electron chi connectivity index (χ1n) is 12.3. The number of carbonyl (C=O) groups excluding carboxylic acids is 2. The zero-order valence-corrected chi connectivity index (χ0v) is 21.8. The summed E-state index contributed by atoms with van der Waals surface area (Å²) in [5, 5.41) is 8.31. The number of fused-ring (bicyclic) bond motifs is 1. The van der Waals surface area contributed by atoms with Crippen molar-refractivity contribution in [3.63, 3.8) is 0 Å². The molecule has 2 aliphatic rings. The second kappa shape index (κ2) is 9.58. The second-order valence-electron chi connectivity index (χ2n) is 9.67. The van der Waals surface area contributed by atoms with Crippen LogP contribution in [0.4, 0.5) is 49.6 Å². The van der Waals surface area contributed by atoms with Gasteiger partial charge < -0.3 is 16.0 Å². The van der Waals surface area contributed by atoms with Crippen molar-refractivity contribution >= 4 is 57.2 Å². The Balaban J connectivity index is 1.62. The molecule has 210 valence electrons. The topological polar surface area (TPSA) is 86.4 Å². The summed E-state index contributed by atoms with van der Waals surface area (Å²) < 4.78 is 70.1. The molecule has 6 rings (SSSR count). The van der Waals surface area contributed by atoms with E-state index in [9.17, 15) is 31.5 Å². The predicted molar refractivity (Wildman–Crippen MR) is 144 cm³/mol. The van der Waals surface area contributed by atoms with E-state index in [0.717, 1.165) is 18.3 Å². The Morgan fingerprint density at radius 2 is 1.85 bits per heavy atom. The lowest BCUT2D eigenvalue weighted by molar-refractivity contribution is -0.136. The highest BCUT2D eigenvalue weighted by Gasteiger charge is 2.41. The van der Waals surface area contributed by atoms with Gasteiger partial charge in [-0.15, -0.1) is 0 Å². The number of pyridine rings is 1. The molecule has 2 aliphatic heterocycles. The lowest BCUT2D eigenvalue weighted by Gasteiger charge is -2.35. The third kappa shape index (κ3) is 4.57. The normalized spacial score (nSPS) is 16.0. The molecule has 0 radical (unpaired) electrons. The van der Waals surface area contributed by atoms with Crippen molar-refractivity contribution in [2.24, 2.45) is 0 Å². The minimum atomic E-state index is -4.83. The SMILES string of the molecule is CC(=O)Nc1cc(Nc2nccc3c(C(F)(F)F)cc(F)cc23)c2c3c1CCN3C(=O)NC2c1cc(F)ccc1Cl. The van der Waals surface area contributed by atoms with E-state index in [4.69, 9.17) is 11.6 Å². The lowest BCUT2D eigenvalue weighted by Crippen LogP contribution is -2.46. The Labute approximate surface area is 234 Å². The lowest BCUT2D eigenvalue weighted by atomic mass is 9.90. The molecule has 0 spiro atoms. The molecule has 0 aliphatic carbocycles. The van der Waals surface area contributed by atoms with Crippen LogP contribution in [0, 0.1) is 11.6 Å². The number of halogens is 6. The number of nitrogens with one attached hydrogen (secondary N) is 3. The van der Waals surface area contributed by atoms with E-state index in [0.29, 0.717) is 35.0 Å². The highest BCUT2D eigenvalue weighted by Crippen LogP contribution is 2.50. The number of anilines is 4. The molecule has 4 aromatic rings. The van der Waals surface area contributed by atoms with E-state index < -0.39 is 41.4 Å². The van der Waals surface area contributed by atoms with E-state index >= 15 is 0 Å². The average molecular weight is 588 g/mol. The molecule has 3 heterocycles. The van der Waals surface area contributed by atoms with Crippen LogP contribution in [-0.4, -0.2) is 23.5 Å². The zero-order valence-electron chi connectivity index (χ0n) is 21.1. The van der Waals surface area contributed by atoms with Gasteiger partial charge in [0.25, 0.3) is 0 Å². The average Bonchev–Trinajstić information content (AvgIpc) is 3.34. The molecular formula is C28H19ClF5N5O2. The molecule has 13 heteroatoms. The molecule has 0 fully saturated rings. The number of aromatic nitrogens is 1. The highest BCUT2D eigenvalue weighted by molar-refractivity contribution is 6.31. The predicted octanol–water partition coefficient (Wildman–Crippen LogP) is 7.06. The van der Waals surface area contributed by atoms with Gasteiger partial charge >= 0.3 is 12.2 Å². The largest absolute Gasteiger partial charge is 0.417 e. The van der Waals surface area contributed by atoms with Crippen LogP contribution in [0.3, 0.4) is 0 Å². The van der Waals surface area contributed by atoms with Crippen LogP contribution in [0.15, 0.2) is 48.7 Å². The molecule has 3 amide bonds. The van der Waals surface area contributed by atoms with Crippen LogP contribution in [0.25, 0.3) is 10.8 Å². The molecule has 3 aromatic carbocycles. The Bertz CT molecular complexity index is 1780. The zero-order chi connectivity index (χ0) is 29.2. The third-order valence-electron chi connectivity index (χ3n) is 7.08. The van der Waals surface area contributed by atoms with Gasteiger partial charge in [-0.2, -0.15) is 13.2 Å². The molecule has 1 atom stereocenters. The molecule has 41 heavy (non-hydrogen) atoms. The van der Waals surface area contributed by atoms with Gasteiger partial charge in [0, 0.05) is 58.1 Å². The fourth-order valence-electron chi connectivity index (χ4n) is 5.48. The quantitative estimate of drug-likeness (QED) is 0.223. The number of hydrogen-bond donors (Lipinski definition) is 3. The van der Waals surface area contributed by atoms with E-state index in [-0.39, 0.29) is 39.4 Å². The van der Waals surface area contributed by atoms with Crippen molar-refractivity contribution < 1.29 is 31.5 Å². The van der Waals surface area contributed by atoms with Crippen molar-refractivity contribution in [3.05, 3.63) is 87.6 Å². The standard InChI is InChI=1S/C28H19ClF5N5O2/c1-12(40)36-21-11-22(37-26-17-9-14(31)10-19(28(32,33)34)15(17)4-6-35-26)23-24(18-8-13(30)2-3-20(18)29)38-27(41)39-7-5-16(21)25(23)39/h2-4,6,8-11,24H,5,7H2,1H3,(H,35,37)(H,36,40)(H,38,41). The summed E-state index contributed by atoms with van der Waals surface area (Å²) in [5.74, 6) is -2.22. The van der Waals surface area contributed by atoms with Gasteiger partial charge in [0.2, 0.25) is 5.91 Å². The molecule has 1 aromatic heterocycles. The molecule has 0 saturated heterocycles. The molecule has 3 N–H and O–H groups in total. The summed E-state index contributed by atoms with van der Waals surface area (Å²) in [6, 6.07) is 6.26. The van der Waals surface area contributed by atoms with E-state index in [1.807, 2.05) is 0 Å². The Hall–Kier alpha value is -4.45. The number of benzene rings is 3. The van der Waals surface area contributed by atoms with E-state index in [2.05, 4.69) is 20.9 Å². The van der Waals surface area contributed by atoms with Crippen LogP contribution in [0.2, 0.25) is 5.02 Å². The van der Waals surface area contributed by atoms with E-state index in [1.54, 1.807) is 6.07 Å². The Kier molecular flexibility index (Phi) is 6.25. The summed E-state index contributed by atoms with van der Waals surface area (Å²) in [7, 11) is 0. The van der Waals surface area contributed by atoms with Gasteiger partial charge in [0.1, 0.15) is 17.5 Å². The molecule has 0 bridgehead atoms. The van der Waals surface area contributed by atoms with Gasteiger partial charge in [0.15, 0.2) is 0 Å². The van der Waals surface area contributed by atoms with Gasteiger partial charge in [-0.05, 0) is 54.3 Å². The van der Waals surface area contributed by atoms with Crippen LogP contribution in [0.5, 0.6) is 0 Å². The highest BCUT2D eigenvalue weighted by atomic mass is 35.5. The summed E-state index contributed by atoms with van der Waals surface area (Å²) >= 11 is 6.43. The van der Waals surface area contributed by atoms with Crippen molar-refractivity contribution in [3.8, 4) is 0 Å². The summed E-state index contributed by atoms with van der Waals surface area (Å²) in [6.45, 7) is 1.59. The number of urea groups is 1. The number of carbonyl (C=O) groups is 2. The monoisotopic (exact) mass is 587 g/mol. The van der Waals surface area contributed by atoms with Crippen LogP contribution in [0.1, 0.15) is 35.2 Å². The van der Waals surface area contributed by atoms with Crippen LogP contribution >= 0.6 is 11.6 Å². The summed E-state index contributed by atoms with van der Waals surface area (Å²) in [5.41, 5.74) is 1.16. The number of nitrogens with zero attached hydrogens (tertiary/aromatic N) is 2. The smallest absolute Gasteiger partial charge is 0.339 e. The maximum atomic E-state index is 14.4. The van der Waals surface area contributed by atoms with Crippen molar-refractivity contribution in [2.75, 3.05) is 22.1 Å². The van der Waals surface area contributed by atoms with Crippen LogP contribution in [-0.2, 0) is 17.4 Å². The maximum absolute atomic E-state index is 14.4. The molecular weight excluding hydrogens is 569 g/mol. The number of alkyl halides is 3. The van der Waals surface area contributed by atoms with Crippen molar-refractivity contribution in [1.29, 1.82) is 0 Å². The molecule has 7 nitrogen and oxygen atoms in total. The first-order chi connectivity index (χ1) is 19.4. The van der Waals surface area contributed by atoms with Gasteiger partial charge in [-0.3, -0.25) is 9.69 Å². The van der Waals surface area contributed by atoms with Crippen LogP contribution < -0.4 is 20.9 Å². The number of hydrogen-bond acceptors (Lipinski definition) is 4. The molecule has 0 saturated carbocycles. The summed E-state index contributed by atoms with van der Waals surface area (Å²) in [4.78, 5) is 30.9. The van der Waals surface area contributed by atoms with Crippen molar-refractivity contribution in [2.45, 2.75) is 25.6 Å². The molecule has 1 unspecified atom stereocenters. The van der Waals surface area contributed by atoms with Gasteiger partial charge in [-0.25, -0.2) is 18.6 Å². The van der Waals surface area contributed by atoms with Gasteiger partial charge in [-0.1, -0.05) is 11.6 Å². The minimum Gasteiger partial charge on any atom is -0.339 e. The minimum absolute atomic E-state index is 0.108. The fraction of sp³-hybridized carbons (Fsp3) is 0.179. The first kappa shape index (κ1) is 26.8. The van der Waals surface area contributed by atoms with Crippen molar-refractivity contribution in [1.82, 2.24) is 10.3 Å². The Morgan fingerprint density at radius 1 is 1.07 bits per heavy atom. The van der Waals surface area contributed by atoms with Gasteiger partial charge in [0.05, 0.1) is 17.3 Å². The third-order valence-corrected chi connectivity index (χ3v) is 7.43. The number of rotatable bonds is 4.